The lowest BCUT2D eigenvalue weighted by atomic mass is 10.0. The Hall–Kier alpha value is -2.81. The first-order chi connectivity index (χ1) is 44.0. The van der Waals surface area contributed by atoms with Crippen molar-refractivity contribution in [3.8, 4) is 0 Å². The highest BCUT2D eigenvalue weighted by atomic mass is 31.2. The number of unbranched alkanes of at least 4 members (excludes halogenated alkanes) is 43. The summed E-state index contributed by atoms with van der Waals surface area (Å²) in [6.45, 7) is 4.17. The van der Waals surface area contributed by atoms with Crippen LogP contribution in [0.2, 0.25) is 0 Å². The quantitative estimate of drug-likeness (QED) is 0.0195. The fraction of sp³-hybridized carbons (Fsp3) is 0.800. The number of nitrogens with zero attached hydrogens (tertiary/aromatic N) is 1. The minimum absolute atomic E-state index is 0.0302. The van der Waals surface area contributed by atoms with E-state index >= 15 is 0 Å². The molecule has 0 aliphatic rings. The van der Waals surface area contributed by atoms with Crippen LogP contribution < -0.4 is 4.89 Å². The summed E-state index contributed by atoms with van der Waals surface area (Å²) < 4.78 is 34.4. The summed E-state index contributed by atoms with van der Waals surface area (Å²) >= 11 is 0. The van der Waals surface area contributed by atoms with Gasteiger partial charge in [-0.1, -0.05) is 343 Å². The van der Waals surface area contributed by atoms with Gasteiger partial charge in [0.05, 0.1) is 27.7 Å². The Bertz CT molecular complexity index is 1800. The van der Waals surface area contributed by atoms with Gasteiger partial charge in [0.2, 0.25) is 0 Å². The first-order valence-corrected chi connectivity index (χ1v) is 39.8. The largest absolute Gasteiger partial charge is 0.756 e. The van der Waals surface area contributed by atoms with Gasteiger partial charge in [0.1, 0.15) is 19.8 Å². The SMILES string of the molecule is CC/C=C\C/C=C\C/C=C\C/C=C\C/C=C\CCCCCCCCCCCCCCCCCCCCCCCC(=O)OC(COC(=O)CCCCCCCCCCCCCCCCCCC/C=C\C/C=C\CCCCCCC)COP(=O)([O-])OCC[N+](C)(C)C. The van der Waals surface area contributed by atoms with Crippen molar-refractivity contribution in [3.63, 3.8) is 0 Å². The van der Waals surface area contributed by atoms with Crippen molar-refractivity contribution >= 4 is 19.8 Å². The zero-order chi connectivity index (χ0) is 65.5. The van der Waals surface area contributed by atoms with E-state index in [2.05, 4.69) is 98.9 Å². The Morgan fingerprint density at radius 1 is 0.356 bits per heavy atom. The topological polar surface area (TPSA) is 111 Å². The summed E-state index contributed by atoms with van der Waals surface area (Å²) in [5.74, 6) is -0.816. The fourth-order valence-electron chi connectivity index (χ4n) is 11.1. The fourth-order valence-corrected chi connectivity index (χ4v) is 11.8. The second-order valence-corrected chi connectivity index (χ2v) is 28.4. The highest BCUT2D eigenvalue weighted by Crippen LogP contribution is 2.38. The number of carbonyl (C=O) groups excluding carboxylic acids is 2. The molecule has 0 N–H and O–H groups in total. The van der Waals surface area contributed by atoms with Crippen molar-refractivity contribution in [2.24, 2.45) is 0 Å². The predicted octanol–water partition coefficient (Wildman–Crippen LogP) is 24.6. The van der Waals surface area contributed by atoms with Crippen molar-refractivity contribution in [2.45, 2.75) is 367 Å². The van der Waals surface area contributed by atoms with E-state index in [1.54, 1.807) is 0 Å². The standard InChI is InChI=1S/C80H146NO8P/c1-6-8-10-12-14-16-18-20-22-24-26-28-30-32-34-36-37-38-39-40-41-42-43-45-47-49-51-53-55-57-59-61-63-65-67-69-71-73-80(83)89-78(77-88-90(84,85)87-75-74-81(3,4)5)76-86-79(82)72-70-68-66-64-62-60-58-56-54-52-50-48-46-44-35-33-31-29-27-25-23-21-19-17-15-13-11-9-7-2/h8,10,14,16,19-22,25-28,32,34,78H,6-7,9,11-13,15,17-18,23-24,29-31,33,35-77H2,1-5H3/b10-8-,16-14-,21-19-,22-20-,27-25-,28-26-,34-32-. The lowest BCUT2D eigenvalue weighted by molar-refractivity contribution is -0.870. The van der Waals surface area contributed by atoms with Crippen LogP contribution in [-0.2, 0) is 32.7 Å². The highest BCUT2D eigenvalue weighted by Gasteiger charge is 2.22. The monoisotopic (exact) mass is 1280 g/mol. The highest BCUT2D eigenvalue weighted by molar-refractivity contribution is 7.45. The summed E-state index contributed by atoms with van der Waals surface area (Å²) in [5, 5.41) is 0. The number of likely N-dealkylation sites (N-methyl/N-ethyl adjacent to an activating group) is 1. The third kappa shape index (κ3) is 74.2. The van der Waals surface area contributed by atoms with Crippen LogP contribution in [0.25, 0.3) is 0 Å². The van der Waals surface area contributed by atoms with Gasteiger partial charge >= 0.3 is 11.9 Å². The van der Waals surface area contributed by atoms with Crippen molar-refractivity contribution in [1.82, 2.24) is 0 Å². The Kier molecular flexibility index (Phi) is 68.3. The number of esters is 2. The van der Waals surface area contributed by atoms with Gasteiger partial charge in [-0.2, -0.15) is 0 Å². The normalized spacial score (nSPS) is 13.5. The summed E-state index contributed by atoms with van der Waals surface area (Å²) in [4.78, 5) is 38.1. The molecule has 2 atom stereocenters. The molecule has 0 saturated heterocycles. The molecule has 0 saturated carbocycles. The molecule has 0 aliphatic carbocycles. The van der Waals surface area contributed by atoms with Crippen molar-refractivity contribution < 1.29 is 42.1 Å². The second-order valence-electron chi connectivity index (χ2n) is 27.0. The lowest BCUT2D eigenvalue weighted by Crippen LogP contribution is -2.37. The van der Waals surface area contributed by atoms with Gasteiger partial charge in [-0.05, 0) is 89.9 Å². The average Bonchev–Trinajstić information content (AvgIpc) is 3.58. The zero-order valence-corrected chi connectivity index (χ0v) is 60.7. The molecule has 0 amide bonds. The number of phosphoric acid groups is 1. The van der Waals surface area contributed by atoms with Crippen LogP contribution in [0.15, 0.2) is 85.1 Å². The lowest BCUT2D eigenvalue weighted by Gasteiger charge is -2.28. The minimum Gasteiger partial charge on any atom is -0.756 e. The van der Waals surface area contributed by atoms with E-state index in [9.17, 15) is 19.0 Å². The molecule has 0 fully saturated rings. The maximum atomic E-state index is 12.9. The Balaban J connectivity index is 3.95. The molecular formula is C80H146NO8P. The van der Waals surface area contributed by atoms with E-state index in [4.69, 9.17) is 18.5 Å². The van der Waals surface area contributed by atoms with Gasteiger partial charge in [0.25, 0.3) is 7.82 Å². The number of quaternary nitrogens is 1. The van der Waals surface area contributed by atoms with Crippen LogP contribution in [0.4, 0.5) is 0 Å². The Morgan fingerprint density at radius 3 is 0.944 bits per heavy atom. The summed E-state index contributed by atoms with van der Waals surface area (Å²) in [6, 6.07) is 0. The molecule has 2 unspecified atom stereocenters. The van der Waals surface area contributed by atoms with Crippen LogP contribution in [0.3, 0.4) is 0 Å². The summed E-state index contributed by atoms with van der Waals surface area (Å²) in [6.07, 6.45) is 96.9. The van der Waals surface area contributed by atoms with E-state index < -0.39 is 26.5 Å². The number of phosphoric ester groups is 1. The molecule has 90 heavy (non-hydrogen) atoms. The molecule has 9 nitrogen and oxygen atoms in total. The zero-order valence-electron chi connectivity index (χ0n) is 59.8. The van der Waals surface area contributed by atoms with E-state index in [0.717, 1.165) is 77.0 Å². The first-order valence-electron chi connectivity index (χ1n) is 38.3. The number of ether oxygens (including phenoxy) is 2. The van der Waals surface area contributed by atoms with E-state index in [0.29, 0.717) is 17.4 Å². The molecule has 0 radical (unpaired) electrons. The maximum Gasteiger partial charge on any atom is 0.306 e. The van der Waals surface area contributed by atoms with Gasteiger partial charge in [-0.25, -0.2) is 0 Å². The maximum absolute atomic E-state index is 12.9. The average molecular weight is 1280 g/mol. The van der Waals surface area contributed by atoms with Crippen molar-refractivity contribution in [3.05, 3.63) is 85.1 Å². The van der Waals surface area contributed by atoms with E-state index in [-0.39, 0.29) is 32.0 Å². The molecule has 0 bridgehead atoms. The molecule has 0 aliphatic heterocycles. The molecule has 0 rings (SSSR count). The number of hydrogen-bond acceptors (Lipinski definition) is 8. The van der Waals surface area contributed by atoms with Gasteiger partial charge < -0.3 is 27.9 Å². The van der Waals surface area contributed by atoms with Gasteiger partial charge in [-0.3, -0.25) is 14.2 Å². The van der Waals surface area contributed by atoms with Gasteiger partial charge in [0.15, 0.2) is 6.10 Å². The van der Waals surface area contributed by atoms with Gasteiger partial charge in [0, 0.05) is 12.8 Å². The van der Waals surface area contributed by atoms with Crippen LogP contribution in [-0.4, -0.2) is 70.0 Å². The third-order valence-corrected chi connectivity index (χ3v) is 17.9. The molecule has 10 heteroatoms. The molecule has 0 heterocycles. The number of carbonyl (C=O) groups is 2. The first kappa shape index (κ1) is 87.2. The smallest absolute Gasteiger partial charge is 0.306 e. The van der Waals surface area contributed by atoms with Crippen molar-refractivity contribution in [1.29, 1.82) is 0 Å². The Labute approximate surface area is 558 Å². The van der Waals surface area contributed by atoms with Crippen LogP contribution >= 0.6 is 7.82 Å². The summed E-state index contributed by atoms with van der Waals surface area (Å²) in [5.41, 5.74) is 0. The predicted molar refractivity (Wildman–Crippen MR) is 388 cm³/mol. The molecule has 0 aromatic heterocycles. The van der Waals surface area contributed by atoms with E-state index in [1.165, 1.54) is 250 Å². The molecule has 524 valence electrons. The molecule has 0 spiro atoms. The van der Waals surface area contributed by atoms with Crippen LogP contribution in [0, 0.1) is 0 Å². The van der Waals surface area contributed by atoms with Crippen LogP contribution in [0.5, 0.6) is 0 Å². The molecular weight excluding hydrogens is 1130 g/mol. The molecule has 0 aromatic rings. The van der Waals surface area contributed by atoms with Crippen LogP contribution in [0.1, 0.15) is 361 Å². The number of rotatable bonds is 71. The number of allylic oxidation sites excluding steroid dienone is 14. The second kappa shape index (κ2) is 70.5. The number of hydrogen-bond donors (Lipinski definition) is 0. The summed E-state index contributed by atoms with van der Waals surface area (Å²) in [7, 11) is 1.18. The van der Waals surface area contributed by atoms with Gasteiger partial charge in [-0.15, -0.1) is 0 Å². The third-order valence-electron chi connectivity index (χ3n) is 16.9. The minimum atomic E-state index is -4.64. The van der Waals surface area contributed by atoms with E-state index in [1.807, 2.05) is 21.1 Å². The van der Waals surface area contributed by atoms with Crippen molar-refractivity contribution in [2.75, 3.05) is 47.5 Å². The molecule has 0 aromatic carbocycles. The Morgan fingerprint density at radius 2 is 0.633 bits per heavy atom.